The van der Waals surface area contributed by atoms with Crippen LogP contribution in [0.3, 0.4) is 0 Å². The molecule has 0 saturated heterocycles. The van der Waals surface area contributed by atoms with Gasteiger partial charge in [0.25, 0.3) is 0 Å². The van der Waals surface area contributed by atoms with Crippen LogP contribution in [0, 0.1) is 0 Å². The molecular formula is C22H22O3. The highest BCUT2D eigenvalue weighted by Gasteiger charge is 2.10. The molecule has 0 amide bonds. The third kappa shape index (κ3) is 4.83. The number of carbonyl (C=O) groups excluding carboxylic acids is 1. The van der Waals surface area contributed by atoms with Gasteiger partial charge in [-0.3, -0.25) is 4.79 Å². The first-order chi connectivity index (χ1) is 12.4. The molecule has 0 aliphatic heterocycles. The summed E-state index contributed by atoms with van der Waals surface area (Å²) in [7, 11) is 0. The van der Waals surface area contributed by atoms with Gasteiger partial charge in [-0.25, -0.2) is 0 Å². The number of unbranched alkanes of at least 4 members (excludes halogenated alkanes) is 2. The van der Waals surface area contributed by atoms with Crippen molar-refractivity contribution in [3.8, 4) is 17.1 Å². The number of ether oxygens (including phenoxy) is 1. The molecule has 0 N–H and O–H groups in total. The summed E-state index contributed by atoms with van der Waals surface area (Å²) in [4.78, 5) is 11.0. The van der Waals surface area contributed by atoms with Gasteiger partial charge >= 0.3 is 0 Å². The standard InChI is InChI=1S/C22H22O3/c23-17-19-12-13-22(20(16-19)21-11-7-15-25-21)24-14-6-2-5-10-18-8-3-1-4-9-18/h1,3-4,7-9,11-13,15-17H,2,5-6,10,14H2. The number of aryl methyl sites for hydroxylation is 1. The van der Waals surface area contributed by atoms with E-state index in [1.165, 1.54) is 5.56 Å². The van der Waals surface area contributed by atoms with Crippen molar-refractivity contribution < 1.29 is 13.9 Å². The summed E-state index contributed by atoms with van der Waals surface area (Å²) in [5, 5.41) is 0. The SMILES string of the molecule is O=Cc1ccc(OCCCCCc2ccccc2)c(-c2ccco2)c1. The Morgan fingerprint density at radius 3 is 2.56 bits per heavy atom. The lowest BCUT2D eigenvalue weighted by Gasteiger charge is -2.11. The largest absolute Gasteiger partial charge is 0.493 e. The van der Waals surface area contributed by atoms with Crippen molar-refractivity contribution in [2.45, 2.75) is 25.7 Å². The summed E-state index contributed by atoms with van der Waals surface area (Å²) in [5.74, 6) is 1.46. The van der Waals surface area contributed by atoms with E-state index < -0.39 is 0 Å². The van der Waals surface area contributed by atoms with Crippen LogP contribution in [0.15, 0.2) is 71.3 Å². The number of benzene rings is 2. The second-order valence-electron chi connectivity index (χ2n) is 6.00. The Kier molecular flexibility index (Phi) is 6.05. The molecule has 0 fully saturated rings. The molecule has 0 spiro atoms. The van der Waals surface area contributed by atoms with Gasteiger partial charge in [0, 0.05) is 5.56 Å². The Balaban J connectivity index is 1.50. The van der Waals surface area contributed by atoms with Crippen LogP contribution in [0.25, 0.3) is 11.3 Å². The molecule has 0 saturated carbocycles. The smallest absolute Gasteiger partial charge is 0.150 e. The van der Waals surface area contributed by atoms with Gasteiger partial charge in [0.1, 0.15) is 17.8 Å². The summed E-state index contributed by atoms with van der Waals surface area (Å²) < 4.78 is 11.4. The van der Waals surface area contributed by atoms with E-state index in [2.05, 4.69) is 24.3 Å². The van der Waals surface area contributed by atoms with E-state index in [1.54, 1.807) is 18.4 Å². The Hall–Kier alpha value is -2.81. The van der Waals surface area contributed by atoms with E-state index in [-0.39, 0.29) is 0 Å². The van der Waals surface area contributed by atoms with E-state index in [0.29, 0.717) is 17.9 Å². The Labute approximate surface area is 148 Å². The van der Waals surface area contributed by atoms with Gasteiger partial charge < -0.3 is 9.15 Å². The molecule has 1 aromatic heterocycles. The highest BCUT2D eigenvalue weighted by Crippen LogP contribution is 2.31. The van der Waals surface area contributed by atoms with Crippen molar-refractivity contribution in [3.05, 3.63) is 78.1 Å². The third-order valence-electron chi connectivity index (χ3n) is 4.14. The lowest BCUT2D eigenvalue weighted by molar-refractivity contribution is 0.112. The number of rotatable bonds is 9. The maximum Gasteiger partial charge on any atom is 0.150 e. The van der Waals surface area contributed by atoms with Gasteiger partial charge in [0.2, 0.25) is 0 Å². The minimum atomic E-state index is 0.613. The molecule has 3 rings (SSSR count). The van der Waals surface area contributed by atoms with Crippen molar-refractivity contribution in [1.29, 1.82) is 0 Å². The highest BCUT2D eigenvalue weighted by atomic mass is 16.5. The topological polar surface area (TPSA) is 39.4 Å². The summed E-state index contributed by atoms with van der Waals surface area (Å²) in [5.41, 5.74) is 2.81. The van der Waals surface area contributed by atoms with Crippen LogP contribution in [-0.2, 0) is 6.42 Å². The van der Waals surface area contributed by atoms with E-state index in [0.717, 1.165) is 43.3 Å². The first-order valence-electron chi connectivity index (χ1n) is 8.66. The van der Waals surface area contributed by atoms with Crippen LogP contribution < -0.4 is 4.74 Å². The predicted molar refractivity (Wildman–Crippen MR) is 99.0 cm³/mol. The second-order valence-corrected chi connectivity index (χ2v) is 6.00. The third-order valence-corrected chi connectivity index (χ3v) is 4.14. The molecule has 1 heterocycles. The molecule has 0 bridgehead atoms. The fourth-order valence-corrected chi connectivity index (χ4v) is 2.81. The van der Waals surface area contributed by atoms with Gasteiger partial charge in [0.15, 0.2) is 0 Å². The fraction of sp³-hybridized carbons (Fsp3) is 0.227. The molecule has 0 aliphatic rings. The zero-order valence-corrected chi connectivity index (χ0v) is 14.2. The van der Waals surface area contributed by atoms with Gasteiger partial charge in [-0.15, -0.1) is 0 Å². The van der Waals surface area contributed by atoms with E-state index in [1.807, 2.05) is 24.3 Å². The summed E-state index contributed by atoms with van der Waals surface area (Å²) >= 11 is 0. The Morgan fingerprint density at radius 1 is 0.920 bits per heavy atom. The maximum absolute atomic E-state index is 11.0. The van der Waals surface area contributed by atoms with Crippen LogP contribution >= 0.6 is 0 Å². The number of hydrogen-bond acceptors (Lipinski definition) is 3. The van der Waals surface area contributed by atoms with Crippen molar-refractivity contribution in [2.24, 2.45) is 0 Å². The zero-order valence-electron chi connectivity index (χ0n) is 14.2. The molecule has 0 radical (unpaired) electrons. The van der Waals surface area contributed by atoms with Crippen molar-refractivity contribution in [1.82, 2.24) is 0 Å². The lowest BCUT2D eigenvalue weighted by atomic mass is 10.1. The number of furan rings is 1. The summed E-state index contributed by atoms with van der Waals surface area (Å²) in [6.45, 7) is 0.656. The fourth-order valence-electron chi connectivity index (χ4n) is 2.81. The Morgan fingerprint density at radius 2 is 1.80 bits per heavy atom. The van der Waals surface area contributed by atoms with Gasteiger partial charge in [-0.1, -0.05) is 30.3 Å². The molecule has 3 nitrogen and oxygen atoms in total. The van der Waals surface area contributed by atoms with Crippen LogP contribution in [0.5, 0.6) is 5.75 Å². The minimum absolute atomic E-state index is 0.613. The maximum atomic E-state index is 11.0. The Bertz CT molecular complexity index is 776. The van der Waals surface area contributed by atoms with Crippen LogP contribution in [0.2, 0.25) is 0 Å². The molecule has 0 atom stereocenters. The van der Waals surface area contributed by atoms with Crippen molar-refractivity contribution >= 4 is 6.29 Å². The molecule has 0 aliphatic carbocycles. The zero-order chi connectivity index (χ0) is 17.3. The average Bonchev–Trinajstić information content (AvgIpc) is 3.20. The molecular weight excluding hydrogens is 312 g/mol. The molecule has 128 valence electrons. The number of aldehydes is 1. The molecule has 0 unspecified atom stereocenters. The molecule has 3 aromatic rings. The predicted octanol–water partition coefficient (Wildman–Crippen LogP) is 5.55. The quantitative estimate of drug-likeness (QED) is 0.380. The van der Waals surface area contributed by atoms with Crippen LogP contribution in [0.1, 0.15) is 35.2 Å². The molecule has 2 aromatic carbocycles. The van der Waals surface area contributed by atoms with E-state index in [9.17, 15) is 4.79 Å². The number of hydrogen-bond donors (Lipinski definition) is 0. The lowest BCUT2D eigenvalue weighted by Crippen LogP contribution is -2.00. The summed E-state index contributed by atoms with van der Waals surface area (Å²) in [6.07, 6.45) is 6.84. The second kappa shape index (κ2) is 8.88. The van der Waals surface area contributed by atoms with Gasteiger partial charge in [-0.05, 0) is 61.6 Å². The van der Waals surface area contributed by atoms with E-state index in [4.69, 9.17) is 9.15 Å². The van der Waals surface area contributed by atoms with Gasteiger partial charge in [0.05, 0.1) is 18.4 Å². The van der Waals surface area contributed by atoms with Crippen molar-refractivity contribution in [2.75, 3.05) is 6.61 Å². The first kappa shape index (κ1) is 17.0. The summed E-state index contributed by atoms with van der Waals surface area (Å²) in [6, 6.07) is 19.7. The van der Waals surface area contributed by atoms with Crippen LogP contribution in [0.4, 0.5) is 0 Å². The normalized spacial score (nSPS) is 10.6. The number of carbonyl (C=O) groups is 1. The first-order valence-corrected chi connectivity index (χ1v) is 8.66. The monoisotopic (exact) mass is 334 g/mol. The van der Waals surface area contributed by atoms with Crippen molar-refractivity contribution in [3.63, 3.8) is 0 Å². The minimum Gasteiger partial charge on any atom is -0.493 e. The highest BCUT2D eigenvalue weighted by molar-refractivity contribution is 5.80. The molecule has 3 heteroatoms. The van der Waals surface area contributed by atoms with E-state index >= 15 is 0 Å². The van der Waals surface area contributed by atoms with Crippen LogP contribution in [-0.4, -0.2) is 12.9 Å². The van der Waals surface area contributed by atoms with Gasteiger partial charge in [-0.2, -0.15) is 0 Å². The average molecular weight is 334 g/mol. The molecule has 25 heavy (non-hydrogen) atoms.